The second-order valence-electron chi connectivity index (χ2n) is 22.0. The lowest BCUT2D eigenvalue weighted by molar-refractivity contribution is -0.167. The molecule has 0 rings (SSSR count). The van der Waals surface area contributed by atoms with Crippen molar-refractivity contribution in [1.82, 2.24) is 0 Å². The molecule has 0 N–H and O–H groups in total. The van der Waals surface area contributed by atoms with E-state index >= 15 is 0 Å². The molecule has 0 aromatic heterocycles. The maximum Gasteiger partial charge on any atom is 0.306 e. The van der Waals surface area contributed by atoms with Gasteiger partial charge in [0.2, 0.25) is 0 Å². The molecule has 1 unspecified atom stereocenters. The minimum Gasteiger partial charge on any atom is -0.462 e. The smallest absolute Gasteiger partial charge is 0.306 e. The lowest BCUT2D eigenvalue weighted by Gasteiger charge is -2.18. The fraction of sp³-hybridized carbons (Fsp3) is 0.667. The fourth-order valence-electron chi connectivity index (χ4n) is 9.08. The molecule has 0 aliphatic rings. The summed E-state index contributed by atoms with van der Waals surface area (Å²) < 4.78 is 16.9. The molecular weight excluding hydrogens is 997 g/mol. The zero-order valence-corrected chi connectivity index (χ0v) is 52.8. The number of allylic oxidation sites excluding steroid dienone is 22. The number of esters is 3. The molecule has 0 aliphatic carbocycles. The van der Waals surface area contributed by atoms with Gasteiger partial charge in [0, 0.05) is 19.3 Å². The Hall–Kier alpha value is -4.45. The fourth-order valence-corrected chi connectivity index (χ4v) is 9.08. The van der Waals surface area contributed by atoms with E-state index in [0.717, 1.165) is 148 Å². The minimum atomic E-state index is -0.794. The molecule has 0 heterocycles. The number of carbonyl (C=O) groups is 3. The molecule has 0 amide bonds. The van der Waals surface area contributed by atoms with E-state index < -0.39 is 6.10 Å². The highest BCUT2D eigenvalue weighted by Crippen LogP contribution is 2.15. The van der Waals surface area contributed by atoms with Crippen LogP contribution in [0.15, 0.2) is 134 Å². The molecular formula is C75H124O6. The summed E-state index contributed by atoms with van der Waals surface area (Å²) in [4.78, 5) is 38.3. The van der Waals surface area contributed by atoms with Gasteiger partial charge in [-0.15, -0.1) is 0 Å². The SMILES string of the molecule is CC/C=C\C/C=C\C/C=C\C/C=C\C/C=C\C/C=C\C/C=C\C/C=C\CCCCCCCCCCC(=O)OCC(COC(=O)CCCCCCC/C=C\C/C=C\CCC)OC(=O)CCCCCCCCC/C=C\CCCCCCCC. The summed E-state index contributed by atoms with van der Waals surface area (Å²) in [6, 6.07) is 0. The van der Waals surface area contributed by atoms with Crippen molar-refractivity contribution >= 4 is 17.9 Å². The summed E-state index contributed by atoms with van der Waals surface area (Å²) in [6.07, 6.45) is 96.1. The lowest BCUT2D eigenvalue weighted by atomic mass is 10.1. The Balaban J connectivity index is 4.29. The van der Waals surface area contributed by atoms with Crippen LogP contribution in [0.25, 0.3) is 0 Å². The van der Waals surface area contributed by atoms with Crippen LogP contribution in [0.2, 0.25) is 0 Å². The minimum absolute atomic E-state index is 0.0908. The maximum absolute atomic E-state index is 12.9. The molecule has 0 aromatic carbocycles. The Morgan fingerprint density at radius 1 is 0.259 bits per heavy atom. The molecule has 6 nitrogen and oxygen atoms in total. The van der Waals surface area contributed by atoms with Crippen LogP contribution in [0.3, 0.4) is 0 Å². The van der Waals surface area contributed by atoms with Crippen molar-refractivity contribution in [2.45, 2.75) is 309 Å². The van der Waals surface area contributed by atoms with E-state index in [-0.39, 0.29) is 31.1 Å². The largest absolute Gasteiger partial charge is 0.462 e. The van der Waals surface area contributed by atoms with Gasteiger partial charge >= 0.3 is 17.9 Å². The number of unbranched alkanes of at least 4 members (excludes halogenated alkanes) is 27. The monoisotopic (exact) mass is 1120 g/mol. The van der Waals surface area contributed by atoms with Gasteiger partial charge in [-0.3, -0.25) is 14.4 Å². The summed E-state index contributed by atoms with van der Waals surface area (Å²) in [5, 5.41) is 0. The van der Waals surface area contributed by atoms with Crippen LogP contribution in [0.5, 0.6) is 0 Å². The first-order chi connectivity index (χ1) is 40.0. The van der Waals surface area contributed by atoms with Gasteiger partial charge < -0.3 is 14.2 Å². The Kier molecular flexibility index (Phi) is 64.3. The van der Waals surface area contributed by atoms with Gasteiger partial charge in [-0.2, -0.15) is 0 Å². The van der Waals surface area contributed by atoms with Crippen molar-refractivity contribution in [1.29, 1.82) is 0 Å². The molecule has 6 heteroatoms. The average Bonchev–Trinajstić information content (AvgIpc) is 3.46. The zero-order valence-electron chi connectivity index (χ0n) is 52.8. The summed E-state index contributed by atoms with van der Waals surface area (Å²) >= 11 is 0. The highest BCUT2D eigenvalue weighted by Gasteiger charge is 2.19. The van der Waals surface area contributed by atoms with Gasteiger partial charge in [-0.25, -0.2) is 0 Å². The highest BCUT2D eigenvalue weighted by molar-refractivity contribution is 5.71. The second kappa shape index (κ2) is 68.1. The van der Waals surface area contributed by atoms with Crippen molar-refractivity contribution in [3.8, 4) is 0 Å². The molecule has 0 aliphatic heterocycles. The third kappa shape index (κ3) is 66.2. The average molecular weight is 1120 g/mol. The first-order valence-corrected chi connectivity index (χ1v) is 33.7. The molecule has 0 spiro atoms. The van der Waals surface area contributed by atoms with Crippen molar-refractivity contribution in [3.05, 3.63) is 134 Å². The molecule has 0 radical (unpaired) electrons. The van der Waals surface area contributed by atoms with E-state index in [1.165, 1.54) is 116 Å². The highest BCUT2D eigenvalue weighted by atomic mass is 16.6. The first-order valence-electron chi connectivity index (χ1n) is 33.7. The molecule has 81 heavy (non-hydrogen) atoms. The number of hydrogen-bond donors (Lipinski definition) is 0. The third-order valence-corrected chi connectivity index (χ3v) is 14.1. The van der Waals surface area contributed by atoms with Crippen LogP contribution in [0.4, 0.5) is 0 Å². The molecule has 0 fully saturated rings. The number of ether oxygens (including phenoxy) is 3. The maximum atomic E-state index is 12.9. The predicted molar refractivity (Wildman–Crippen MR) is 353 cm³/mol. The number of hydrogen-bond acceptors (Lipinski definition) is 6. The topological polar surface area (TPSA) is 78.9 Å². The Labute approximate surface area is 500 Å². The van der Waals surface area contributed by atoms with Crippen LogP contribution >= 0.6 is 0 Å². The summed E-state index contributed by atoms with van der Waals surface area (Å²) in [5.74, 6) is -0.912. The summed E-state index contributed by atoms with van der Waals surface area (Å²) in [6.45, 7) is 6.45. The Bertz CT molecular complexity index is 1720. The standard InChI is InChI=1S/C75H124O6/c1-4-7-10-13-16-19-22-25-27-29-30-31-32-33-34-35-36-37-38-39-40-41-42-43-44-46-47-50-53-56-59-62-65-68-74(77)80-71-72(70-79-73(76)67-64-61-58-55-52-49-24-21-18-15-12-9-6-3)81-75(78)69-66-63-60-57-54-51-48-45-28-26-23-20-17-14-11-8-5-2/h7,10,12,15-16,19,21,24-28,30-31,33-34,36-37,39-40,42-43,72H,4-6,8-9,11,13-14,17-18,20,22-23,29,32,35,38,41,44-71H2,1-3H3/b10-7-,15-12-,19-16-,24-21-,27-25-,28-26-,31-30-,34-33-,37-36-,40-39-,43-42-. The molecule has 0 saturated heterocycles. The van der Waals surface area contributed by atoms with E-state index in [0.29, 0.717) is 19.3 Å². The van der Waals surface area contributed by atoms with Gasteiger partial charge in [0.05, 0.1) is 0 Å². The van der Waals surface area contributed by atoms with Crippen LogP contribution in [-0.2, 0) is 28.6 Å². The van der Waals surface area contributed by atoms with E-state index in [9.17, 15) is 14.4 Å². The van der Waals surface area contributed by atoms with Crippen molar-refractivity contribution in [3.63, 3.8) is 0 Å². The molecule has 0 aromatic rings. The van der Waals surface area contributed by atoms with E-state index in [4.69, 9.17) is 14.2 Å². The van der Waals surface area contributed by atoms with Gasteiger partial charge in [0.15, 0.2) is 6.10 Å². The van der Waals surface area contributed by atoms with Gasteiger partial charge in [0.25, 0.3) is 0 Å². The van der Waals surface area contributed by atoms with Gasteiger partial charge in [-0.05, 0) is 135 Å². The Morgan fingerprint density at radius 3 is 0.815 bits per heavy atom. The molecule has 1 atom stereocenters. The third-order valence-electron chi connectivity index (χ3n) is 14.1. The van der Waals surface area contributed by atoms with E-state index in [1.807, 2.05) is 0 Å². The van der Waals surface area contributed by atoms with E-state index in [1.54, 1.807) is 0 Å². The van der Waals surface area contributed by atoms with Crippen LogP contribution in [0.1, 0.15) is 303 Å². The van der Waals surface area contributed by atoms with Crippen molar-refractivity contribution < 1.29 is 28.6 Å². The van der Waals surface area contributed by atoms with Crippen molar-refractivity contribution in [2.75, 3.05) is 13.2 Å². The zero-order chi connectivity index (χ0) is 58.5. The quantitative estimate of drug-likeness (QED) is 0.0261. The van der Waals surface area contributed by atoms with Gasteiger partial charge in [0.1, 0.15) is 13.2 Å². The van der Waals surface area contributed by atoms with Crippen LogP contribution in [0, 0.1) is 0 Å². The molecule has 0 bridgehead atoms. The van der Waals surface area contributed by atoms with Crippen LogP contribution in [-0.4, -0.2) is 37.2 Å². The summed E-state index contributed by atoms with van der Waals surface area (Å²) in [7, 11) is 0. The summed E-state index contributed by atoms with van der Waals surface area (Å²) in [5.41, 5.74) is 0. The number of carbonyl (C=O) groups excluding carboxylic acids is 3. The van der Waals surface area contributed by atoms with Crippen molar-refractivity contribution in [2.24, 2.45) is 0 Å². The molecule has 0 saturated carbocycles. The van der Waals surface area contributed by atoms with E-state index in [2.05, 4.69) is 154 Å². The second-order valence-corrected chi connectivity index (χ2v) is 22.0. The predicted octanol–water partition coefficient (Wildman–Crippen LogP) is 23.3. The Morgan fingerprint density at radius 2 is 0.506 bits per heavy atom. The van der Waals surface area contributed by atoms with Gasteiger partial charge in [-0.1, -0.05) is 283 Å². The molecule has 460 valence electrons. The number of rotatable bonds is 60. The van der Waals surface area contributed by atoms with Crippen LogP contribution < -0.4 is 0 Å². The lowest BCUT2D eigenvalue weighted by Crippen LogP contribution is -2.30. The normalized spacial score (nSPS) is 13.0. The first kappa shape index (κ1) is 76.5.